The van der Waals surface area contributed by atoms with E-state index in [0.717, 1.165) is 24.4 Å². The molecule has 2 heterocycles. The fourth-order valence-electron chi connectivity index (χ4n) is 2.96. The Balaban J connectivity index is 2.11. The van der Waals surface area contributed by atoms with Crippen LogP contribution in [0.15, 0.2) is 18.2 Å². The first-order chi connectivity index (χ1) is 9.61. The molecule has 4 nitrogen and oxygen atoms in total. The van der Waals surface area contributed by atoms with Crippen molar-refractivity contribution in [3.63, 3.8) is 0 Å². The summed E-state index contributed by atoms with van der Waals surface area (Å²) in [6.07, 6.45) is 0. The largest absolute Gasteiger partial charge is 0.497 e. The van der Waals surface area contributed by atoms with E-state index in [1.54, 1.807) is 7.11 Å². The summed E-state index contributed by atoms with van der Waals surface area (Å²) in [6, 6.07) is 6.58. The van der Waals surface area contributed by atoms with Crippen molar-refractivity contribution in [2.24, 2.45) is 5.92 Å². The third kappa shape index (κ3) is 2.08. The number of aromatic nitrogens is 2. The van der Waals surface area contributed by atoms with Gasteiger partial charge in [0.1, 0.15) is 11.6 Å². The zero-order valence-corrected chi connectivity index (χ0v) is 12.7. The zero-order valence-electron chi connectivity index (χ0n) is 12.7. The van der Waals surface area contributed by atoms with Crippen molar-refractivity contribution in [1.82, 2.24) is 14.9 Å². The highest BCUT2D eigenvalue weighted by Crippen LogP contribution is 2.32. The number of nitrogens with zero attached hydrogens (tertiary/aromatic N) is 2. The number of nitrogens with one attached hydrogen (secondary N) is 1. The van der Waals surface area contributed by atoms with Crippen LogP contribution in [-0.2, 0) is 0 Å². The molecule has 1 saturated heterocycles. The van der Waals surface area contributed by atoms with Crippen LogP contribution in [0.4, 0.5) is 0 Å². The van der Waals surface area contributed by atoms with E-state index in [9.17, 15) is 0 Å². The van der Waals surface area contributed by atoms with Crippen molar-refractivity contribution in [1.29, 1.82) is 0 Å². The van der Waals surface area contributed by atoms with Crippen LogP contribution in [0.1, 0.15) is 38.6 Å². The SMILES string of the molecule is COc1ccc2c(c1)nc(C(C)C1CNC1)n2C(C)C. The Morgan fingerprint density at radius 1 is 1.30 bits per heavy atom. The van der Waals surface area contributed by atoms with Gasteiger partial charge in [0.05, 0.1) is 18.1 Å². The van der Waals surface area contributed by atoms with E-state index in [0.29, 0.717) is 17.9 Å². The van der Waals surface area contributed by atoms with Crippen LogP contribution in [0.5, 0.6) is 5.75 Å². The van der Waals surface area contributed by atoms with Gasteiger partial charge in [-0.2, -0.15) is 0 Å². The monoisotopic (exact) mass is 273 g/mol. The van der Waals surface area contributed by atoms with Crippen molar-refractivity contribution in [3.05, 3.63) is 24.0 Å². The van der Waals surface area contributed by atoms with Gasteiger partial charge in [-0.15, -0.1) is 0 Å². The van der Waals surface area contributed by atoms with E-state index in [2.05, 4.69) is 36.7 Å². The number of fused-ring (bicyclic) bond motifs is 1. The summed E-state index contributed by atoms with van der Waals surface area (Å²) in [7, 11) is 1.70. The van der Waals surface area contributed by atoms with Crippen LogP contribution in [0, 0.1) is 5.92 Å². The maximum atomic E-state index is 5.31. The molecule has 1 aliphatic heterocycles. The second kappa shape index (κ2) is 5.09. The van der Waals surface area contributed by atoms with Gasteiger partial charge in [-0.3, -0.25) is 0 Å². The van der Waals surface area contributed by atoms with E-state index in [1.165, 1.54) is 11.3 Å². The minimum atomic E-state index is 0.416. The van der Waals surface area contributed by atoms with Gasteiger partial charge in [0.2, 0.25) is 0 Å². The number of hydrogen-bond donors (Lipinski definition) is 1. The van der Waals surface area contributed by atoms with Crippen molar-refractivity contribution in [2.75, 3.05) is 20.2 Å². The smallest absolute Gasteiger partial charge is 0.121 e. The highest BCUT2D eigenvalue weighted by Gasteiger charge is 2.29. The number of benzene rings is 1. The minimum Gasteiger partial charge on any atom is -0.497 e. The van der Waals surface area contributed by atoms with Gasteiger partial charge in [-0.1, -0.05) is 6.92 Å². The summed E-state index contributed by atoms with van der Waals surface area (Å²) >= 11 is 0. The Hall–Kier alpha value is -1.55. The molecule has 1 atom stereocenters. The normalized spacial score (nSPS) is 17.4. The zero-order chi connectivity index (χ0) is 14.3. The molecule has 20 heavy (non-hydrogen) atoms. The van der Waals surface area contributed by atoms with E-state index < -0.39 is 0 Å². The Kier molecular flexibility index (Phi) is 3.42. The lowest BCUT2D eigenvalue weighted by atomic mass is 9.88. The number of imidazole rings is 1. The molecule has 108 valence electrons. The lowest BCUT2D eigenvalue weighted by Gasteiger charge is -2.33. The first kappa shape index (κ1) is 13.4. The van der Waals surface area contributed by atoms with E-state index in [1.807, 2.05) is 12.1 Å². The number of methoxy groups -OCH3 is 1. The Labute approximate surface area is 120 Å². The molecular weight excluding hydrogens is 250 g/mol. The third-order valence-electron chi connectivity index (χ3n) is 4.37. The average molecular weight is 273 g/mol. The second-order valence-corrected chi connectivity index (χ2v) is 6.00. The van der Waals surface area contributed by atoms with Gasteiger partial charge in [0, 0.05) is 18.0 Å². The highest BCUT2D eigenvalue weighted by atomic mass is 16.5. The van der Waals surface area contributed by atoms with Gasteiger partial charge >= 0.3 is 0 Å². The Morgan fingerprint density at radius 3 is 2.60 bits per heavy atom. The molecule has 1 aromatic carbocycles. The van der Waals surface area contributed by atoms with Crippen molar-refractivity contribution in [3.8, 4) is 5.75 Å². The lowest BCUT2D eigenvalue weighted by Crippen LogP contribution is -2.45. The van der Waals surface area contributed by atoms with Crippen LogP contribution >= 0.6 is 0 Å². The maximum absolute atomic E-state index is 5.31. The molecule has 0 aliphatic carbocycles. The topological polar surface area (TPSA) is 39.1 Å². The molecular formula is C16H23N3O. The van der Waals surface area contributed by atoms with Crippen molar-refractivity contribution >= 4 is 11.0 Å². The van der Waals surface area contributed by atoms with Gasteiger partial charge in [0.15, 0.2) is 0 Å². The molecule has 0 saturated carbocycles. The number of ether oxygens (including phenoxy) is 1. The summed E-state index contributed by atoms with van der Waals surface area (Å²) in [5.41, 5.74) is 2.24. The Bertz CT molecular complexity index is 613. The fourth-order valence-corrected chi connectivity index (χ4v) is 2.96. The third-order valence-corrected chi connectivity index (χ3v) is 4.37. The quantitative estimate of drug-likeness (QED) is 0.931. The molecule has 1 fully saturated rings. The molecule has 4 heteroatoms. The van der Waals surface area contributed by atoms with Gasteiger partial charge in [-0.25, -0.2) is 4.98 Å². The van der Waals surface area contributed by atoms with Gasteiger partial charge in [-0.05, 0) is 45.0 Å². The molecule has 0 bridgehead atoms. The van der Waals surface area contributed by atoms with Crippen LogP contribution in [-0.4, -0.2) is 29.8 Å². The predicted molar refractivity (Wildman–Crippen MR) is 81.4 cm³/mol. The van der Waals surface area contributed by atoms with Crippen molar-refractivity contribution in [2.45, 2.75) is 32.7 Å². The first-order valence-corrected chi connectivity index (χ1v) is 7.38. The molecule has 1 aromatic heterocycles. The fraction of sp³-hybridized carbons (Fsp3) is 0.562. The minimum absolute atomic E-state index is 0.416. The predicted octanol–water partition coefficient (Wildman–Crippen LogP) is 2.95. The molecule has 0 spiro atoms. The lowest BCUT2D eigenvalue weighted by molar-refractivity contribution is 0.289. The second-order valence-electron chi connectivity index (χ2n) is 6.00. The molecule has 0 amide bonds. The molecule has 1 N–H and O–H groups in total. The number of hydrogen-bond acceptors (Lipinski definition) is 3. The van der Waals surface area contributed by atoms with E-state index in [4.69, 9.17) is 9.72 Å². The maximum Gasteiger partial charge on any atom is 0.121 e. The van der Waals surface area contributed by atoms with Crippen LogP contribution in [0.25, 0.3) is 11.0 Å². The Morgan fingerprint density at radius 2 is 2.05 bits per heavy atom. The van der Waals surface area contributed by atoms with Crippen molar-refractivity contribution < 1.29 is 4.74 Å². The van der Waals surface area contributed by atoms with Crippen LogP contribution in [0.3, 0.4) is 0 Å². The molecule has 2 aromatic rings. The summed E-state index contributed by atoms with van der Waals surface area (Å²) in [5.74, 6) is 3.26. The van der Waals surface area contributed by atoms with E-state index >= 15 is 0 Å². The average Bonchev–Trinajstić information content (AvgIpc) is 2.74. The number of rotatable bonds is 4. The molecule has 1 aliphatic rings. The van der Waals surface area contributed by atoms with Gasteiger partial charge in [0.25, 0.3) is 0 Å². The molecule has 3 rings (SSSR count). The summed E-state index contributed by atoms with van der Waals surface area (Å²) < 4.78 is 7.69. The summed E-state index contributed by atoms with van der Waals surface area (Å²) in [5, 5.41) is 3.36. The summed E-state index contributed by atoms with van der Waals surface area (Å²) in [6.45, 7) is 8.95. The van der Waals surface area contributed by atoms with E-state index in [-0.39, 0.29) is 0 Å². The first-order valence-electron chi connectivity index (χ1n) is 7.38. The van der Waals surface area contributed by atoms with Gasteiger partial charge < -0.3 is 14.6 Å². The molecule has 0 radical (unpaired) electrons. The standard InChI is InChI=1S/C16H23N3O/c1-10(2)19-15-6-5-13(20-4)7-14(15)18-16(19)11(3)12-8-17-9-12/h5-7,10-12,17H,8-9H2,1-4H3. The highest BCUT2D eigenvalue weighted by molar-refractivity contribution is 5.78. The molecule has 1 unspecified atom stereocenters. The summed E-state index contributed by atoms with van der Waals surface area (Å²) in [4.78, 5) is 4.90. The van der Waals surface area contributed by atoms with Crippen LogP contribution in [0.2, 0.25) is 0 Å². The van der Waals surface area contributed by atoms with Crippen LogP contribution < -0.4 is 10.1 Å².